The second-order valence-corrected chi connectivity index (χ2v) is 6.34. The Morgan fingerprint density at radius 1 is 1.04 bits per heavy atom. The van der Waals surface area contributed by atoms with Gasteiger partial charge in [0.2, 0.25) is 0 Å². The van der Waals surface area contributed by atoms with Crippen LogP contribution in [0.15, 0.2) is 73.3 Å². The van der Waals surface area contributed by atoms with Gasteiger partial charge in [0.1, 0.15) is 5.58 Å². The van der Waals surface area contributed by atoms with Gasteiger partial charge in [-0.1, -0.05) is 28.1 Å². The van der Waals surface area contributed by atoms with Crippen LogP contribution in [0.4, 0.5) is 0 Å². The second kappa shape index (κ2) is 5.72. The monoisotopic (exact) mass is 382 g/mol. The summed E-state index contributed by atoms with van der Waals surface area (Å²) < 4.78 is 7.55. The largest absolute Gasteiger partial charge is 0.423 e. The standard InChI is InChI=1S/C18H11BrN2O3/c19-12-5-6-13-11(7-17(22)24-16(13)8-12)9-21-10-20-15-4-2-1-3-14(15)18(21)23/h1-8,10H,9H2. The van der Waals surface area contributed by atoms with Gasteiger partial charge < -0.3 is 4.42 Å². The van der Waals surface area contributed by atoms with Crippen LogP contribution in [0.1, 0.15) is 5.56 Å². The molecule has 0 spiro atoms. The number of benzene rings is 2. The van der Waals surface area contributed by atoms with Gasteiger partial charge in [-0.2, -0.15) is 0 Å². The van der Waals surface area contributed by atoms with Gasteiger partial charge in [0.15, 0.2) is 0 Å². The molecule has 2 aromatic heterocycles. The number of aromatic nitrogens is 2. The fourth-order valence-electron chi connectivity index (χ4n) is 2.74. The van der Waals surface area contributed by atoms with Crippen molar-refractivity contribution in [1.82, 2.24) is 9.55 Å². The van der Waals surface area contributed by atoms with Crippen LogP contribution in [-0.4, -0.2) is 9.55 Å². The van der Waals surface area contributed by atoms with Crippen molar-refractivity contribution in [3.63, 3.8) is 0 Å². The number of para-hydroxylation sites is 1. The van der Waals surface area contributed by atoms with Crippen molar-refractivity contribution in [2.24, 2.45) is 0 Å². The first-order valence-electron chi connectivity index (χ1n) is 7.28. The highest BCUT2D eigenvalue weighted by Gasteiger charge is 2.09. The van der Waals surface area contributed by atoms with E-state index in [1.807, 2.05) is 18.2 Å². The predicted molar refractivity (Wildman–Crippen MR) is 95.3 cm³/mol. The van der Waals surface area contributed by atoms with E-state index in [1.54, 1.807) is 24.3 Å². The van der Waals surface area contributed by atoms with E-state index < -0.39 is 5.63 Å². The van der Waals surface area contributed by atoms with Gasteiger partial charge in [-0.05, 0) is 35.9 Å². The summed E-state index contributed by atoms with van der Waals surface area (Å²) >= 11 is 3.36. The Morgan fingerprint density at radius 3 is 2.75 bits per heavy atom. The fourth-order valence-corrected chi connectivity index (χ4v) is 3.08. The van der Waals surface area contributed by atoms with Crippen molar-refractivity contribution in [2.75, 3.05) is 0 Å². The van der Waals surface area contributed by atoms with Gasteiger partial charge in [-0.25, -0.2) is 9.78 Å². The van der Waals surface area contributed by atoms with Crippen LogP contribution in [0.25, 0.3) is 21.9 Å². The van der Waals surface area contributed by atoms with Gasteiger partial charge in [0.25, 0.3) is 5.56 Å². The molecule has 0 saturated heterocycles. The highest BCUT2D eigenvalue weighted by molar-refractivity contribution is 9.10. The third kappa shape index (κ3) is 2.55. The summed E-state index contributed by atoms with van der Waals surface area (Å²) in [4.78, 5) is 28.7. The molecule has 0 bridgehead atoms. The maximum absolute atomic E-state index is 12.6. The molecule has 24 heavy (non-hydrogen) atoms. The maximum atomic E-state index is 12.6. The van der Waals surface area contributed by atoms with Crippen molar-refractivity contribution < 1.29 is 4.42 Å². The van der Waals surface area contributed by atoms with Crippen molar-refractivity contribution in [3.05, 3.63) is 85.7 Å². The molecule has 5 nitrogen and oxygen atoms in total. The van der Waals surface area contributed by atoms with E-state index in [9.17, 15) is 9.59 Å². The Kier molecular flexibility index (Phi) is 3.54. The van der Waals surface area contributed by atoms with Crippen LogP contribution in [0.2, 0.25) is 0 Å². The van der Waals surface area contributed by atoms with Gasteiger partial charge in [0.05, 0.1) is 23.8 Å². The normalized spacial score (nSPS) is 11.2. The molecule has 0 amide bonds. The molecule has 0 saturated carbocycles. The van der Waals surface area contributed by atoms with Crippen LogP contribution < -0.4 is 11.2 Å². The van der Waals surface area contributed by atoms with Gasteiger partial charge in [-0.15, -0.1) is 0 Å². The summed E-state index contributed by atoms with van der Waals surface area (Å²) in [6.45, 7) is 0.250. The van der Waals surface area contributed by atoms with E-state index in [0.29, 0.717) is 22.0 Å². The molecule has 0 aliphatic rings. The van der Waals surface area contributed by atoms with Crippen LogP contribution in [0, 0.1) is 0 Å². The molecule has 0 aliphatic heterocycles. The number of rotatable bonds is 2. The molecule has 0 unspecified atom stereocenters. The molecule has 0 aliphatic carbocycles. The Morgan fingerprint density at radius 2 is 1.88 bits per heavy atom. The average Bonchev–Trinajstić information content (AvgIpc) is 2.57. The summed E-state index contributed by atoms with van der Waals surface area (Å²) in [5.41, 5.74) is 1.26. The third-order valence-corrected chi connectivity index (χ3v) is 4.36. The number of halogens is 1. The van der Waals surface area contributed by atoms with E-state index in [2.05, 4.69) is 20.9 Å². The molecule has 2 aromatic carbocycles. The minimum Gasteiger partial charge on any atom is -0.423 e. The first-order valence-corrected chi connectivity index (χ1v) is 8.07. The minimum atomic E-state index is -0.447. The van der Waals surface area contributed by atoms with E-state index in [4.69, 9.17) is 4.42 Å². The van der Waals surface area contributed by atoms with Crippen LogP contribution >= 0.6 is 15.9 Å². The summed E-state index contributed by atoms with van der Waals surface area (Å²) in [6.07, 6.45) is 1.50. The lowest BCUT2D eigenvalue weighted by molar-refractivity contribution is 0.557. The number of fused-ring (bicyclic) bond motifs is 2. The van der Waals surface area contributed by atoms with Crippen molar-refractivity contribution in [2.45, 2.75) is 6.54 Å². The molecule has 6 heteroatoms. The van der Waals surface area contributed by atoms with Gasteiger partial charge >= 0.3 is 5.63 Å². The SMILES string of the molecule is O=c1cc(Cn2cnc3ccccc3c2=O)c2ccc(Br)cc2o1. The van der Waals surface area contributed by atoms with Crippen molar-refractivity contribution in [1.29, 1.82) is 0 Å². The van der Waals surface area contributed by atoms with E-state index >= 15 is 0 Å². The van der Waals surface area contributed by atoms with Crippen LogP contribution in [-0.2, 0) is 6.54 Å². The van der Waals surface area contributed by atoms with Crippen molar-refractivity contribution in [3.8, 4) is 0 Å². The van der Waals surface area contributed by atoms with Gasteiger partial charge in [0, 0.05) is 15.9 Å². The first-order chi connectivity index (χ1) is 11.6. The van der Waals surface area contributed by atoms with Crippen LogP contribution in [0.3, 0.4) is 0 Å². The van der Waals surface area contributed by atoms with Gasteiger partial charge in [-0.3, -0.25) is 9.36 Å². The quantitative estimate of drug-likeness (QED) is 0.498. The molecule has 0 fully saturated rings. The van der Waals surface area contributed by atoms with E-state index in [-0.39, 0.29) is 12.1 Å². The molecular formula is C18H11BrN2O3. The van der Waals surface area contributed by atoms with Crippen molar-refractivity contribution >= 4 is 37.8 Å². The number of nitrogens with zero attached hydrogens (tertiary/aromatic N) is 2. The Hall–Kier alpha value is -2.73. The molecule has 4 rings (SSSR count). The topological polar surface area (TPSA) is 65.1 Å². The molecule has 118 valence electrons. The Balaban J connectivity index is 1.90. The maximum Gasteiger partial charge on any atom is 0.336 e. The third-order valence-electron chi connectivity index (χ3n) is 3.86. The second-order valence-electron chi connectivity index (χ2n) is 5.43. The lowest BCUT2D eigenvalue weighted by atomic mass is 10.1. The molecule has 0 radical (unpaired) electrons. The zero-order valence-corrected chi connectivity index (χ0v) is 14.0. The number of hydrogen-bond donors (Lipinski definition) is 0. The fraction of sp³-hybridized carbons (Fsp3) is 0.0556. The zero-order chi connectivity index (χ0) is 16.7. The molecule has 4 aromatic rings. The zero-order valence-electron chi connectivity index (χ0n) is 12.4. The Bertz CT molecular complexity index is 1190. The first kappa shape index (κ1) is 14.8. The Labute approximate surface area is 144 Å². The van der Waals surface area contributed by atoms with Crippen LogP contribution in [0.5, 0.6) is 0 Å². The molecule has 0 N–H and O–H groups in total. The highest BCUT2D eigenvalue weighted by Crippen LogP contribution is 2.22. The predicted octanol–water partition coefficient (Wildman–Crippen LogP) is 3.31. The molecule has 0 atom stereocenters. The summed E-state index contributed by atoms with van der Waals surface area (Å²) in [7, 11) is 0. The van der Waals surface area contributed by atoms with E-state index in [0.717, 1.165) is 9.86 Å². The highest BCUT2D eigenvalue weighted by atomic mass is 79.9. The summed E-state index contributed by atoms with van der Waals surface area (Å²) in [5, 5.41) is 1.34. The summed E-state index contributed by atoms with van der Waals surface area (Å²) in [6, 6.07) is 14.1. The lowest BCUT2D eigenvalue weighted by Gasteiger charge is -2.09. The van der Waals surface area contributed by atoms with E-state index in [1.165, 1.54) is 17.0 Å². The molecule has 2 heterocycles. The number of hydrogen-bond acceptors (Lipinski definition) is 4. The lowest BCUT2D eigenvalue weighted by Crippen LogP contribution is -2.21. The summed E-state index contributed by atoms with van der Waals surface area (Å²) in [5.74, 6) is 0. The minimum absolute atomic E-state index is 0.140. The smallest absolute Gasteiger partial charge is 0.336 e. The molecular weight excluding hydrogens is 372 g/mol. The average molecular weight is 383 g/mol.